The molecule has 2 rings (SSSR count). The lowest BCUT2D eigenvalue weighted by molar-refractivity contribution is -0.138. The Morgan fingerprint density at radius 3 is 2.52 bits per heavy atom. The molecule has 0 aromatic carbocycles. The van der Waals surface area contributed by atoms with E-state index in [9.17, 15) is 9.59 Å². The molecular formula is C15H21N3O3. The Labute approximate surface area is 124 Å². The zero-order chi connectivity index (χ0) is 15.2. The van der Waals surface area contributed by atoms with Crippen LogP contribution >= 0.6 is 0 Å². The predicted molar refractivity (Wildman–Crippen MR) is 77.6 cm³/mol. The van der Waals surface area contributed by atoms with Crippen LogP contribution in [0.1, 0.15) is 24.8 Å². The van der Waals surface area contributed by atoms with Crippen LogP contribution in [-0.4, -0.2) is 52.0 Å². The number of piperidine rings is 1. The number of rotatable bonds is 4. The van der Waals surface area contributed by atoms with Crippen molar-refractivity contribution >= 4 is 12.0 Å². The van der Waals surface area contributed by atoms with Crippen LogP contribution in [0.5, 0.6) is 0 Å². The summed E-state index contributed by atoms with van der Waals surface area (Å²) in [6.07, 6.45) is 5.16. The van der Waals surface area contributed by atoms with Crippen LogP contribution in [0.4, 0.5) is 4.79 Å². The van der Waals surface area contributed by atoms with Crippen molar-refractivity contribution in [2.24, 2.45) is 5.92 Å². The molecular weight excluding hydrogens is 270 g/mol. The third kappa shape index (κ3) is 4.44. The second kappa shape index (κ2) is 7.06. The topological polar surface area (TPSA) is 73.7 Å². The number of aliphatic carboxylic acids is 1. The molecule has 0 spiro atoms. The van der Waals surface area contributed by atoms with E-state index in [0.717, 1.165) is 18.4 Å². The lowest BCUT2D eigenvalue weighted by Gasteiger charge is -2.34. The summed E-state index contributed by atoms with van der Waals surface area (Å²) < 4.78 is 0. The third-order valence-corrected chi connectivity index (χ3v) is 3.84. The standard InChI is InChI=1S/C15H21N3O3/c1-17(11-13-2-6-16-7-3-13)15(21)18-8-4-12(5-9-18)10-14(19)20/h2-3,6-7,12H,4-5,8-11H2,1H3,(H,19,20). The van der Waals surface area contributed by atoms with Crippen LogP contribution in [0.15, 0.2) is 24.5 Å². The normalized spacial score (nSPS) is 15.8. The van der Waals surface area contributed by atoms with Gasteiger partial charge in [-0.3, -0.25) is 9.78 Å². The molecule has 0 bridgehead atoms. The number of carbonyl (C=O) groups is 2. The zero-order valence-electron chi connectivity index (χ0n) is 12.2. The fourth-order valence-electron chi connectivity index (χ4n) is 2.65. The Balaban J connectivity index is 1.82. The zero-order valence-corrected chi connectivity index (χ0v) is 12.2. The van der Waals surface area contributed by atoms with Crippen LogP contribution in [0.3, 0.4) is 0 Å². The number of hydrogen-bond acceptors (Lipinski definition) is 3. The van der Waals surface area contributed by atoms with E-state index in [4.69, 9.17) is 5.11 Å². The van der Waals surface area contributed by atoms with Crippen molar-refractivity contribution < 1.29 is 14.7 Å². The fourth-order valence-corrected chi connectivity index (χ4v) is 2.65. The molecule has 0 radical (unpaired) electrons. The summed E-state index contributed by atoms with van der Waals surface area (Å²) in [7, 11) is 1.78. The highest BCUT2D eigenvalue weighted by atomic mass is 16.4. The highest BCUT2D eigenvalue weighted by molar-refractivity contribution is 5.74. The smallest absolute Gasteiger partial charge is 0.320 e. The average molecular weight is 291 g/mol. The number of urea groups is 1. The minimum Gasteiger partial charge on any atom is -0.481 e. The van der Waals surface area contributed by atoms with Gasteiger partial charge in [-0.15, -0.1) is 0 Å². The molecule has 21 heavy (non-hydrogen) atoms. The van der Waals surface area contributed by atoms with E-state index in [1.54, 1.807) is 29.2 Å². The number of aromatic nitrogens is 1. The van der Waals surface area contributed by atoms with Crippen LogP contribution < -0.4 is 0 Å². The summed E-state index contributed by atoms with van der Waals surface area (Å²) in [5.41, 5.74) is 1.04. The van der Waals surface area contributed by atoms with Crippen molar-refractivity contribution in [3.63, 3.8) is 0 Å². The van der Waals surface area contributed by atoms with Gasteiger partial charge in [-0.25, -0.2) is 4.79 Å². The SMILES string of the molecule is CN(Cc1ccncc1)C(=O)N1CCC(CC(=O)O)CC1. The molecule has 2 amide bonds. The Morgan fingerprint density at radius 2 is 1.95 bits per heavy atom. The van der Waals surface area contributed by atoms with Crippen LogP contribution in [0.2, 0.25) is 0 Å². The van der Waals surface area contributed by atoms with Crippen LogP contribution in [0.25, 0.3) is 0 Å². The first kappa shape index (κ1) is 15.3. The largest absolute Gasteiger partial charge is 0.481 e. The first-order valence-corrected chi connectivity index (χ1v) is 7.17. The van der Waals surface area contributed by atoms with Gasteiger partial charge >= 0.3 is 12.0 Å². The molecule has 0 aliphatic carbocycles. The second-order valence-corrected chi connectivity index (χ2v) is 5.52. The number of amides is 2. The summed E-state index contributed by atoms with van der Waals surface area (Å²) >= 11 is 0. The molecule has 1 aliphatic rings. The molecule has 0 unspecified atom stereocenters. The van der Waals surface area contributed by atoms with E-state index in [-0.39, 0.29) is 18.4 Å². The van der Waals surface area contributed by atoms with Gasteiger partial charge in [0.25, 0.3) is 0 Å². The van der Waals surface area contributed by atoms with Gasteiger partial charge < -0.3 is 14.9 Å². The molecule has 0 saturated carbocycles. The molecule has 6 heteroatoms. The summed E-state index contributed by atoms with van der Waals surface area (Å²) in [6.45, 7) is 1.82. The maximum Gasteiger partial charge on any atom is 0.320 e. The average Bonchev–Trinajstić information content (AvgIpc) is 2.47. The Kier molecular flexibility index (Phi) is 5.14. The number of carboxylic acids is 1. The van der Waals surface area contributed by atoms with E-state index < -0.39 is 5.97 Å². The van der Waals surface area contributed by atoms with Gasteiger partial charge in [-0.1, -0.05) is 0 Å². The number of hydrogen-bond donors (Lipinski definition) is 1. The van der Waals surface area contributed by atoms with Crippen molar-refractivity contribution in [1.82, 2.24) is 14.8 Å². The van der Waals surface area contributed by atoms with Gasteiger partial charge in [0.1, 0.15) is 0 Å². The Hall–Kier alpha value is -2.11. The fraction of sp³-hybridized carbons (Fsp3) is 0.533. The predicted octanol–water partition coefficient (Wildman–Crippen LogP) is 1.82. The van der Waals surface area contributed by atoms with E-state index in [2.05, 4.69) is 4.98 Å². The molecule has 2 heterocycles. The van der Waals surface area contributed by atoms with E-state index in [0.29, 0.717) is 19.6 Å². The molecule has 114 valence electrons. The molecule has 1 saturated heterocycles. The van der Waals surface area contributed by atoms with E-state index in [1.807, 2.05) is 12.1 Å². The number of carbonyl (C=O) groups excluding carboxylic acids is 1. The monoisotopic (exact) mass is 291 g/mol. The lowest BCUT2D eigenvalue weighted by Crippen LogP contribution is -2.45. The molecule has 0 atom stereocenters. The highest BCUT2D eigenvalue weighted by Gasteiger charge is 2.25. The highest BCUT2D eigenvalue weighted by Crippen LogP contribution is 2.21. The van der Waals surface area contributed by atoms with Crippen molar-refractivity contribution in [2.75, 3.05) is 20.1 Å². The minimum absolute atomic E-state index is 0.000544. The van der Waals surface area contributed by atoms with Crippen molar-refractivity contribution in [3.05, 3.63) is 30.1 Å². The lowest BCUT2D eigenvalue weighted by atomic mass is 9.94. The summed E-state index contributed by atoms with van der Waals surface area (Å²) in [5, 5.41) is 8.80. The quantitative estimate of drug-likeness (QED) is 0.918. The third-order valence-electron chi connectivity index (χ3n) is 3.84. The maximum absolute atomic E-state index is 12.4. The maximum atomic E-state index is 12.4. The molecule has 1 fully saturated rings. The summed E-state index contributed by atoms with van der Waals surface area (Å²) in [4.78, 5) is 30.5. The van der Waals surface area contributed by atoms with E-state index in [1.165, 1.54) is 0 Å². The Bertz CT molecular complexity index is 484. The number of nitrogens with zero attached hydrogens (tertiary/aromatic N) is 3. The van der Waals surface area contributed by atoms with Gasteiger partial charge in [0.05, 0.1) is 0 Å². The van der Waals surface area contributed by atoms with Crippen molar-refractivity contribution in [1.29, 1.82) is 0 Å². The van der Waals surface area contributed by atoms with E-state index >= 15 is 0 Å². The first-order chi connectivity index (χ1) is 10.1. The minimum atomic E-state index is -0.755. The van der Waals surface area contributed by atoms with Gasteiger partial charge in [-0.2, -0.15) is 0 Å². The molecule has 1 N–H and O–H groups in total. The molecule has 1 aliphatic heterocycles. The summed E-state index contributed by atoms with van der Waals surface area (Å²) in [6, 6.07) is 3.78. The van der Waals surface area contributed by atoms with Crippen molar-refractivity contribution in [3.8, 4) is 0 Å². The molecule has 1 aromatic heterocycles. The Morgan fingerprint density at radius 1 is 1.33 bits per heavy atom. The van der Waals surface area contributed by atoms with Gasteiger partial charge in [-0.05, 0) is 36.5 Å². The van der Waals surface area contributed by atoms with Gasteiger partial charge in [0.15, 0.2) is 0 Å². The second-order valence-electron chi connectivity index (χ2n) is 5.52. The summed E-state index contributed by atoms with van der Waals surface area (Å²) in [5.74, 6) is -0.563. The number of pyridine rings is 1. The van der Waals surface area contributed by atoms with Crippen LogP contribution in [0, 0.1) is 5.92 Å². The number of likely N-dealkylation sites (tertiary alicyclic amines) is 1. The molecule has 1 aromatic rings. The van der Waals surface area contributed by atoms with Gasteiger partial charge in [0, 0.05) is 45.5 Å². The first-order valence-electron chi connectivity index (χ1n) is 7.17. The number of carboxylic acid groups (broad SMARTS) is 1. The van der Waals surface area contributed by atoms with Crippen molar-refractivity contribution in [2.45, 2.75) is 25.8 Å². The van der Waals surface area contributed by atoms with Crippen LogP contribution in [-0.2, 0) is 11.3 Å². The molecule has 6 nitrogen and oxygen atoms in total. The van der Waals surface area contributed by atoms with Gasteiger partial charge in [0.2, 0.25) is 0 Å².